The van der Waals surface area contributed by atoms with Crippen LogP contribution in [0, 0.1) is 6.92 Å². The molecule has 0 saturated heterocycles. The van der Waals surface area contributed by atoms with Crippen molar-refractivity contribution in [3.8, 4) is 11.5 Å². The van der Waals surface area contributed by atoms with Crippen molar-refractivity contribution < 1.29 is 23.6 Å². The average Bonchev–Trinajstić information content (AvgIpc) is 3.16. The molecule has 2 N–H and O–H groups in total. The van der Waals surface area contributed by atoms with Gasteiger partial charge in [0, 0.05) is 23.4 Å². The zero-order chi connectivity index (χ0) is 20.6. The van der Waals surface area contributed by atoms with Gasteiger partial charge in [-0.25, -0.2) is 0 Å². The van der Waals surface area contributed by atoms with E-state index in [0.29, 0.717) is 34.2 Å². The number of hydrogen-bond acceptors (Lipinski definition) is 6. The summed E-state index contributed by atoms with van der Waals surface area (Å²) in [4.78, 5) is 24.2. The molecule has 0 aliphatic heterocycles. The third-order valence-electron chi connectivity index (χ3n) is 3.95. The number of carbonyl (C=O) groups excluding carboxylic acids is 2. The minimum atomic E-state index is -0.303. The van der Waals surface area contributed by atoms with Gasteiger partial charge in [0.1, 0.15) is 23.0 Å². The molecule has 29 heavy (non-hydrogen) atoms. The Hall–Kier alpha value is -3.81. The molecule has 8 nitrogen and oxygen atoms in total. The second kappa shape index (κ2) is 9.41. The molecule has 1 heterocycles. The summed E-state index contributed by atoms with van der Waals surface area (Å²) < 4.78 is 15.5. The summed E-state index contributed by atoms with van der Waals surface area (Å²) >= 11 is 0. The first-order valence-corrected chi connectivity index (χ1v) is 8.90. The number of nitrogens with one attached hydrogen (secondary N) is 2. The quantitative estimate of drug-likeness (QED) is 0.608. The highest BCUT2D eigenvalue weighted by molar-refractivity contribution is 5.94. The molecule has 0 saturated carbocycles. The number of anilines is 1. The van der Waals surface area contributed by atoms with E-state index in [1.807, 2.05) is 0 Å². The monoisotopic (exact) mass is 395 g/mol. The van der Waals surface area contributed by atoms with E-state index in [-0.39, 0.29) is 25.0 Å². The average molecular weight is 395 g/mol. The minimum Gasteiger partial charge on any atom is -0.497 e. The summed E-state index contributed by atoms with van der Waals surface area (Å²) in [5.41, 5.74) is 1.74. The van der Waals surface area contributed by atoms with Crippen LogP contribution in [-0.4, -0.2) is 30.7 Å². The van der Waals surface area contributed by atoms with E-state index in [0.717, 1.165) is 0 Å². The summed E-state index contributed by atoms with van der Waals surface area (Å²) in [7, 11) is 1.56. The molecular formula is C21H21N3O5. The van der Waals surface area contributed by atoms with Crippen molar-refractivity contribution >= 4 is 17.5 Å². The van der Waals surface area contributed by atoms with Crippen LogP contribution in [-0.2, 0) is 11.3 Å². The lowest BCUT2D eigenvalue weighted by atomic mass is 10.2. The minimum absolute atomic E-state index is 0.158. The Morgan fingerprint density at radius 3 is 2.55 bits per heavy atom. The normalized spacial score (nSPS) is 10.3. The van der Waals surface area contributed by atoms with E-state index in [1.165, 1.54) is 0 Å². The van der Waals surface area contributed by atoms with Crippen molar-refractivity contribution in [3.63, 3.8) is 0 Å². The molecule has 0 spiro atoms. The zero-order valence-electron chi connectivity index (χ0n) is 16.1. The first-order valence-electron chi connectivity index (χ1n) is 8.90. The van der Waals surface area contributed by atoms with Crippen LogP contribution in [0.15, 0.2) is 59.1 Å². The van der Waals surface area contributed by atoms with Crippen molar-refractivity contribution in [1.29, 1.82) is 0 Å². The molecule has 2 aromatic carbocycles. The highest BCUT2D eigenvalue weighted by Gasteiger charge is 2.09. The summed E-state index contributed by atoms with van der Waals surface area (Å²) in [6, 6.07) is 15.3. The van der Waals surface area contributed by atoms with Gasteiger partial charge in [-0.2, -0.15) is 0 Å². The van der Waals surface area contributed by atoms with E-state index >= 15 is 0 Å². The maximum atomic E-state index is 12.2. The molecule has 1 aromatic heterocycles. The maximum Gasteiger partial charge on any atom is 0.262 e. The molecule has 0 bridgehead atoms. The lowest BCUT2D eigenvalue weighted by Crippen LogP contribution is -2.23. The molecule has 0 aliphatic rings. The fourth-order valence-corrected chi connectivity index (χ4v) is 2.52. The zero-order valence-corrected chi connectivity index (χ0v) is 16.1. The first kappa shape index (κ1) is 19.9. The van der Waals surface area contributed by atoms with Crippen LogP contribution in [0.3, 0.4) is 0 Å². The van der Waals surface area contributed by atoms with Gasteiger partial charge >= 0.3 is 0 Å². The highest BCUT2D eigenvalue weighted by Crippen LogP contribution is 2.17. The van der Waals surface area contributed by atoms with Crippen molar-refractivity contribution in [3.05, 3.63) is 71.6 Å². The van der Waals surface area contributed by atoms with Gasteiger partial charge < -0.3 is 24.6 Å². The number of carbonyl (C=O) groups is 2. The maximum absolute atomic E-state index is 12.2. The number of aryl methyl sites for hydroxylation is 1. The summed E-state index contributed by atoms with van der Waals surface area (Å²) in [5, 5.41) is 9.31. The topological polar surface area (TPSA) is 103 Å². The molecule has 0 fully saturated rings. The van der Waals surface area contributed by atoms with E-state index in [2.05, 4.69) is 15.8 Å². The number of aromatic nitrogens is 1. The van der Waals surface area contributed by atoms with Gasteiger partial charge in [-0.15, -0.1) is 0 Å². The van der Waals surface area contributed by atoms with Gasteiger partial charge in [0.2, 0.25) is 0 Å². The predicted octanol–water partition coefficient (Wildman–Crippen LogP) is 2.94. The largest absolute Gasteiger partial charge is 0.497 e. The fraction of sp³-hybridized carbons (Fsp3) is 0.190. The predicted molar refractivity (Wildman–Crippen MR) is 106 cm³/mol. The van der Waals surface area contributed by atoms with Gasteiger partial charge in [-0.1, -0.05) is 11.2 Å². The third-order valence-corrected chi connectivity index (χ3v) is 3.95. The van der Waals surface area contributed by atoms with Crippen molar-refractivity contribution in [1.82, 2.24) is 10.5 Å². The Labute approximate surface area is 167 Å². The molecule has 3 rings (SSSR count). The summed E-state index contributed by atoms with van der Waals surface area (Å²) in [6.07, 6.45) is 0. The number of nitrogens with zero attached hydrogens (tertiary/aromatic N) is 1. The molecule has 8 heteroatoms. The Kier molecular flexibility index (Phi) is 6.47. The molecule has 0 radical (unpaired) electrons. The van der Waals surface area contributed by atoms with E-state index in [4.69, 9.17) is 14.0 Å². The van der Waals surface area contributed by atoms with Crippen molar-refractivity contribution in [2.24, 2.45) is 0 Å². The van der Waals surface area contributed by atoms with Crippen LogP contribution in [0.5, 0.6) is 11.5 Å². The van der Waals surface area contributed by atoms with Gasteiger partial charge in [0.05, 0.1) is 13.7 Å². The van der Waals surface area contributed by atoms with Gasteiger partial charge in [-0.05, 0) is 43.3 Å². The molecule has 150 valence electrons. The van der Waals surface area contributed by atoms with Crippen LogP contribution < -0.4 is 20.1 Å². The Balaban J connectivity index is 1.46. The van der Waals surface area contributed by atoms with Crippen LogP contribution in [0.4, 0.5) is 5.69 Å². The molecular weight excluding hydrogens is 374 g/mol. The van der Waals surface area contributed by atoms with E-state index in [1.54, 1.807) is 68.6 Å². The Morgan fingerprint density at radius 1 is 1.07 bits per heavy atom. The van der Waals surface area contributed by atoms with Crippen molar-refractivity contribution in [2.45, 2.75) is 13.5 Å². The Bertz CT molecular complexity index is 982. The second-order valence-electron chi connectivity index (χ2n) is 6.20. The van der Waals surface area contributed by atoms with Gasteiger partial charge in [-0.3, -0.25) is 9.59 Å². The second-order valence-corrected chi connectivity index (χ2v) is 6.20. The van der Waals surface area contributed by atoms with Crippen LogP contribution in [0.2, 0.25) is 0 Å². The first-order chi connectivity index (χ1) is 14.0. The molecule has 0 aliphatic carbocycles. The van der Waals surface area contributed by atoms with E-state index in [9.17, 15) is 9.59 Å². The molecule has 2 amide bonds. The number of hydrogen-bond donors (Lipinski definition) is 2. The molecule has 0 unspecified atom stereocenters. The molecule has 0 atom stereocenters. The lowest BCUT2D eigenvalue weighted by molar-refractivity contribution is -0.118. The Morgan fingerprint density at radius 2 is 1.86 bits per heavy atom. The SMILES string of the molecule is COc1cccc(NC(=O)COc2ccc(C(=O)NCc3cc(C)on3)cc2)c1. The fourth-order valence-electron chi connectivity index (χ4n) is 2.52. The summed E-state index contributed by atoms with van der Waals surface area (Å²) in [5.74, 6) is 1.27. The number of amides is 2. The number of methoxy groups -OCH3 is 1. The number of benzene rings is 2. The summed E-state index contributed by atoms with van der Waals surface area (Å²) in [6.45, 7) is 1.90. The van der Waals surface area contributed by atoms with Gasteiger partial charge in [0.15, 0.2) is 6.61 Å². The van der Waals surface area contributed by atoms with E-state index < -0.39 is 0 Å². The van der Waals surface area contributed by atoms with Crippen LogP contribution in [0.1, 0.15) is 21.8 Å². The standard InChI is InChI=1S/C21H21N3O5/c1-14-10-17(24-29-14)12-22-21(26)15-6-8-18(9-7-15)28-13-20(25)23-16-4-3-5-19(11-16)27-2/h3-11H,12-13H2,1-2H3,(H,22,26)(H,23,25). The number of rotatable bonds is 8. The van der Waals surface area contributed by atoms with Crippen LogP contribution >= 0.6 is 0 Å². The third kappa shape index (κ3) is 5.83. The van der Waals surface area contributed by atoms with Crippen LogP contribution in [0.25, 0.3) is 0 Å². The smallest absolute Gasteiger partial charge is 0.262 e. The molecule has 3 aromatic rings. The lowest BCUT2D eigenvalue weighted by Gasteiger charge is -2.09. The van der Waals surface area contributed by atoms with Crippen molar-refractivity contribution in [2.75, 3.05) is 19.0 Å². The highest BCUT2D eigenvalue weighted by atomic mass is 16.5. The van der Waals surface area contributed by atoms with Gasteiger partial charge in [0.25, 0.3) is 11.8 Å². The number of ether oxygens (including phenoxy) is 2.